The summed E-state index contributed by atoms with van der Waals surface area (Å²) in [6.07, 6.45) is 0. The quantitative estimate of drug-likeness (QED) is 0.550. The molecule has 0 amide bonds. The summed E-state index contributed by atoms with van der Waals surface area (Å²) in [5, 5.41) is 1.29. The first-order chi connectivity index (χ1) is 10.7. The molecule has 110 valence electrons. The number of ether oxygens (including phenoxy) is 1. The van der Waals surface area contributed by atoms with Crippen LogP contribution < -0.4 is 4.74 Å². The molecular weight excluding hydrogens is 315 g/mol. The molecule has 3 aromatic rings. The molecule has 0 saturated heterocycles. The number of benzene rings is 3. The van der Waals surface area contributed by atoms with Crippen LogP contribution in [0, 0.1) is 0 Å². The molecule has 3 rings (SSSR count). The smallest absolute Gasteiger partial charge is 0.119 e. The highest BCUT2D eigenvalue weighted by molar-refractivity contribution is 6.39. The molecule has 0 radical (unpaired) electrons. The van der Waals surface area contributed by atoms with Crippen LogP contribution in [-0.4, -0.2) is 0 Å². The van der Waals surface area contributed by atoms with Gasteiger partial charge in [-0.1, -0.05) is 71.7 Å². The highest BCUT2D eigenvalue weighted by Gasteiger charge is 2.08. The highest BCUT2D eigenvalue weighted by atomic mass is 35.5. The molecule has 0 atom stereocenters. The maximum Gasteiger partial charge on any atom is 0.119 e. The van der Waals surface area contributed by atoms with Crippen molar-refractivity contribution in [3.05, 3.63) is 88.4 Å². The van der Waals surface area contributed by atoms with E-state index in [1.165, 1.54) is 0 Å². The van der Waals surface area contributed by atoms with Crippen LogP contribution in [0.25, 0.3) is 11.1 Å². The van der Waals surface area contributed by atoms with E-state index in [1.54, 1.807) is 0 Å². The van der Waals surface area contributed by atoms with Gasteiger partial charge in [0.1, 0.15) is 12.4 Å². The highest BCUT2D eigenvalue weighted by Crippen LogP contribution is 2.35. The van der Waals surface area contributed by atoms with Gasteiger partial charge in [-0.05, 0) is 35.4 Å². The van der Waals surface area contributed by atoms with Crippen molar-refractivity contribution < 1.29 is 4.74 Å². The van der Waals surface area contributed by atoms with Crippen molar-refractivity contribution in [3.63, 3.8) is 0 Å². The maximum absolute atomic E-state index is 6.23. The first-order valence-corrected chi connectivity index (χ1v) is 7.71. The monoisotopic (exact) mass is 328 g/mol. The number of hydrogen-bond acceptors (Lipinski definition) is 1. The largest absolute Gasteiger partial charge is 0.489 e. The fraction of sp³-hybridized carbons (Fsp3) is 0.0526. The van der Waals surface area contributed by atoms with E-state index in [4.69, 9.17) is 27.9 Å². The van der Waals surface area contributed by atoms with E-state index in [9.17, 15) is 0 Å². The third kappa shape index (κ3) is 3.44. The van der Waals surface area contributed by atoms with Crippen LogP contribution in [0.3, 0.4) is 0 Å². The summed E-state index contributed by atoms with van der Waals surface area (Å²) in [5.74, 6) is 0.816. The van der Waals surface area contributed by atoms with Crippen LogP contribution in [0.5, 0.6) is 5.75 Å². The van der Waals surface area contributed by atoms with Crippen molar-refractivity contribution in [3.8, 4) is 16.9 Å². The van der Waals surface area contributed by atoms with Gasteiger partial charge >= 0.3 is 0 Å². The minimum atomic E-state index is 0.549. The van der Waals surface area contributed by atoms with Crippen LogP contribution in [0.15, 0.2) is 72.8 Å². The average molecular weight is 329 g/mol. The van der Waals surface area contributed by atoms with E-state index >= 15 is 0 Å². The fourth-order valence-corrected chi connectivity index (χ4v) is 2.85. The average Bonchev–Trinajstić information content (AvgIpc) is 2.55. The zero-order chi connectivity index (χ0) is 15.4. The lowest BCUT2D eigenvalue weighted by Gasteiger charge is -2.09. The molecule has 0 aliphatic heterocycles. The topological polar surface area (TPSA) is 9.23 Å². The summed E-state index contributed by atoms with van der Waals surface area (Å²) < 4.78 is 5.78. The SMILES string of the molecule is Clc1cccc(Cl)c1-c1ccc(OCc2ccccc2)cc1. The molecule has 3 heteroatoms. The van der Waals surface area contributed by atoms with Gasteiger partial charge in [0.05, 0.1) is 0 Å². The van der Waals surface area contributed by atoms with Gasteiger partial charge in [0, 0.05) is 15.6 Å². The van der Waals surface area contributed by atoms with Crippen LogP contribution in [-0.2, 0) is 6.61 Å². The van der Waals surface area contributed by atoms with Crippen molar-refractivity contribution >= 4 is 23.2 Å². The van der Waals surface area contributed by atoms with Gasteiger partial charge in [0.25, 0.3) is 0 Å². The molecule has 1 nitrogen and oxygen atoms in total. The van der Waals surface area contributed by atoms with Gasteiger partial charge in [-0.2, -0.15) is 0 Å². The summed E-state index contributed by atoms with van der Waals surface area (Å²) in [6, 6.07) is 23.4. The Labute approximate surface area is 140 Å². The summed E-state index contributed by atoms with van der Waals surface area (Å²) in [7, 11) is 0. The molecule has 0 fully saturated rings. The Kier molecular flexibility index (Phi) is 4.67. The summed E-state index contributed by atoms with van der Waals surface area (Å²) in [4.78, 5) is 0. The summed E-state index contributed by atoms with van der Waals surface area (Å²) >= 11 is 12.5. The van der Waals surface area contributed by atoms with Gasteiger partial charge in [-0.25, -0.2) is 0 Å². The van der Waals surface area contributed by atoms with Gasteiger partial charge < -0.3 is 4.74 Å². The zero-order valence-corrected chi connectivity index (χ0v) is 13.3. The molecule has 3 aromatic carbocycles. The lowest BCUT2D eigenvalue weighted by Crippen LogP contribution is -1.94. The van der Waals surface area contributed by atoms with Crippen molar-refractivity contribution in [2.45, 2.75) is 6.61 Å². The lowest BCUT2D eigenvalue weighted by molar-refractivity contribution is 0.306. The van der Waals surface area contributed by atoms with Crippen LogP contribution in [0.4, 0.5) is 0 Å². The number of halogens is 2. The first kappa shape index (κ1) is 15.0. The van der Waals surface area contributed by atoms with Crippen molar-refractivity contribution in [2.75, 3.05) is 0 Å². The van der Waals surface area contributed by atoms with Crippen LogP contribution in [0.1, 0.15) is 5.56 Å². The first-order valence-electron chi connectivity index (χ1n) is 6.95. The zero-order valence-electron chi connectivity index (χ0n) is 11.8. The fourth-order valence-electron chi connectivity index (χ4n) is 2.23. The molecular formula is C19H14Cl2O. The Morgan fingerprint density at radius 1 is 0.682 bits per heavy atom. The molecule has 0 spiro atoms. The van der Waals surface area contributed by atoms with Crippen molar-refractivity contribution in [1.82, 2.24) is 0 Å². The predicted molar refractivity (Wildman–Crippen MR) is 92.7 cm³/mol. The van der Waals surface area contributed by atoms with E-state index in [0.717, 1.165) is 22.4 Å². The third-order valence-corrected chi connectivity index (χ3v) is 3.98. The Hall–Kier alpha value is -1.96. The summed E-state index contributed by atoms with van der Waals surface area (Å²) in [5.41, 5.74) is 2.96. The Balaban J connectivity index is 1.76. The second-order valence-electron chi connectivity index (χ2n) is 4.90. The van der Waals surface area contributed by atoms with Crippen LogP contribution in [0.2, 0.25) is 10.0 Å². The van der Waals surface area contributed by atoms with E-state index < -0.39 is 0 Å². The molecule has 0 N–H and O–H groups in total. The van der Waals surface area contributed by atoms with Crippen molar-refractivity contribution in [1.29, 1.82) is 0 Å². The second-order valence-corrected chi connectivity index (χ2v) is 5.71. The number of hydrogen-bond donors (Lipinski definition) is 0. The normalized spacial score (nSPS) is 10.5. The third-order valence-electron chi connectivity index (χ3n) is 3.35. The predicted octanol–water partition coefficient (Wildman–Crippen LogP) is 6.24. The molecule has 0 aliphatic rings. The lowest BCUT2D eigenvalue weighted by atomic mass is 10.1. The van der Waals surface area contributed by atoms with Gasteiger partial charge in [0.2, 0.25) is 0 Å². The Bertz CT molecular complexity index is 732. The van der Waals surface area contributed by atoms with Crippen molar-refractivity contribution in [2.24, 2.45) is 0 Å². The number of rotatable bonds is 4. The molecule has 0 aliphatic carbocycles. The van der Waals surface area contributed by atoms with E-state index in [-0.39, 0.29) is 0 Å². The second kappa shape index (κ2) is 6.87. The van der Waals surface area contributed by atoms with Crippen LogP contribution >= 0.6 is 23.2 Å². The standard InChI is InChI=1S/C19H14Cl2O/c20-17-7-4-8-18(21)19(17)15-9-11-16(12-10-15)22-13-14-5-2-1-3-6-14/h1-12H,13H2. The minimum Gasteiger partial charge on any atom is -0.489 e. The van der Waals surface area contributed by atoms with E-state index in [1.807, 2.05) is 72.8 Å². The minimum absolute atomic E-state index is 0.549. The van der Waals surface area contributed by atoms with Gasteiger partial charge in [-0.3, -0.25) is 0 Å². The Morgan fingerprint density at radius 2 is 1.32 bits per heavy atom. The van der Waals surface area contributed by atoms with Gasteiger partial charge in [-0.15, -0.1) is 0 Å². The molecule has 22 heavy (non-hydrogen) atoms. The molecule has 0 unspecified atom stereocenters. The van der Waals surface area contributed by atoms with E-state index in [2.05, 4.69) is 0 Å². The molecule has 0 saturated carbocycles. The molecule has 0 aromatic heterocycles. The van der Waals surface area contributed by atoms with Gasteiger partial charge in [0.15, 0.2) is 0 Å². The van der Waals surface area contributed by atoms with E-state index in [0.29, 0.717) is 16.7 Å². The maximum atomic E-state index is 6.23. The molecule has 0 heterocycles. The molecule has 0 bridgehead atoms. The summed E-state index contributed by atoms with van der Waals surface area (Å²) in [6.45, 7) is 0.549. The Morgan fingerprint density at radius 3 is 1.95 bits per heavy atom.